The van der Waals surface area contributed by atoms with Gasteiger partial charge in [-0.15, -0.1) is 6.42 Å². The normalized spacial score (nSPS) is 20.9. The van der Waals surface area contributed by atoms with Crippen LogP contribution in [0.4, 0.5) is 10.1 Å². The fraction of sp³-hybridized carbons (Fsp3) is 0.524. The zero-order chi connectivity index (χ0) is 21.9. The van der Waals surface area contributed by atoms with Crippen LogP contribution in [-0.2, 0) is 14.6 Å². The highest BCUT2D eigenvalue weighted by atomic mass is 32.2. The van der Waals surface area contributed by atoms with Crippen molar-refractivity contribution in [2.75, 3.05) is 55.7 Å². The van der Waals surface area contributed by atoms with Gasteiger partial charge in [0.1, 0.15) is 5.82 Å². The molecule has 2 fully saturated rings. The number of ketones is 1. The number of terminal acetylenes is 1. The van der Waals surface area contributed by atoms with Gasteiger partial charge >= 0.3 is 0 Å². The van der Waals surface area contributed by atoms with Crippen molar-refractivity contribution in [1.82, 2.24) is 9.80 Å². The van der Waals surface area contributed by atoms with Gasteiger partial charge in [-0.05, 0) is 31.5 Å². The minimum atomic E-state index is -3.07. The largest absolute Gasteiger partial charge is 0.366 e. The van der Waals surface area contributed by atoms with Crippen LogP contribution in [0.25, 0.3) is 0 Å². The smallest absolute Gasteiger partial charge is 0.236 e. The van der Waals surface area contributed by atoms with E-state index in [1.165, 1.54) is 13.0 Å². The molecule has 1 aromatic carbocycles. The van der Waals surface area contributed by atoms with Gasteiger partial charge in [0.2, 0.25) is 5.91 Å². The Labute approximate surface area is 176 Å². The van der Waals surface area contributed by atoms with E-state index >= 15 is 0 Å². The van der Waals surface area contributed by atoms with E-state index in [-0.39, 0.29) is 42.3 Å². The SMILES string of the molecule is C#CCN(CC(=O)N1CCN(c2ccc(C(C)=O)cc2F)CC1)C1CCS(=O)(=O)C1. The molecule has 1 atom stereocenters. The number of carbonyl (C=O) groups excluding carboxylic acids is 2. The van der Waals surface area contributed by atoms with E-state index in [9.17, 15) is 22.4 Å². The molecule has 7 nitrogen and oxygen atoms in total. The van der Waals surface area contributed by atoms with Gasteiger partial charge in [-0.1, -0.05) is 5.92 Å². The van der Waals surface area contributed by atoms with Crippen LogP contribution in [0.2, 0.25) is 0 Å². The van der Waals surface area contributed by atoms with Crippen molar-refractivity contribution in [2.24, 2.45) is 0 Å². The summed E-state index contributed by atoms with van der Waals surface area (Å²) in [6.45, 7) is 3.48. The quantitative estimate of drug-likeness (QED) is 0.486. The molecule has 1 unspecified atom stereocenters. The van der Waals surface area contributed by atoms with Gasteiger partial charge in [-0.25, -0.2) is 12.8 Å². The molecule has 0 bridgehead atoms. The second-order valence-corrected chi connectivity index (χ2v) is 9.98. The molecule has 1 aromatic rings. The van der Waals surface area contributed by atoms with Crippen LogP contribution >= 0.6 is 0 Å². The summed E-state index contributed by atoms with van der Waals surface area (Å²) in [6, 6.07) is 4.21. The highest BCUT2D eigenvalue weighted by Gasteiger charge is 2.34. The third-order valence-corrected chi connectivity index (χ3v) is 7.44. The lowest BCUT2D eigenvalue weighted by atomic mass is 10.1. The molecule has 0 aliphatic carbocycles. The molecular formula is C21H26FN3O4S. The van der Waals surface area contributed by atoms with Crippen molar-refractivity contribution in [1.29, 1.82) is 0 Å². The lowest BCUT2D eigenvalue weighted by molar-refractivity contribution is -0.133. The lowest BCUT2D eigenvalue weighted by Crippen LogP contribution is -2.52. The van der Waals surface area contributed by atoms with E-state index in [0.29, 0.717) is 43.9 Å². The predicted octanol–water partition coefficient (Wildman–Crippen LogP) is 0.799. The Balaban J connectivity index is 1.58. The average molecular weight is 436 g/mol. The van der Waals surface area contributed by atoms with Gasteiger partial charge in [0.25, 0.3) is 0 Å². The van der Waals surface area contributed by atoms with Crippen molar-refractivity contribution in [3.63, 3.8) is 0 Å². The molecule has 2 heterocycles. The molecule has 30 heavy (non-hydrogen) atoms. The summed E-state index contributed by atoms with van der Waals surface area (Å²) in [5.41, 5.74) is 0.741. The van der Waals surface area contributed by atoms with Crippen molar-refractivity contribution >= 4 is 27.2 Å². The maximum absolute atomic E-state index is 14.4. The van der Waals surface area contributed by atoms with Gasteiger partial charge in [-0.3, -0.25) is 14.5 Å². The van der Waals surface area contributed by atoms with E-state index in [4.69, 9.17) is 6.42 Å². The van der Waals surface area contributed by atoms with Crippen LogP contribution in [0.5, 0.6) is 0 Å². The Morgan fingerprint density at radius 2 is 1.97 bits per heavy atom. The molecule has 1 amide bonds. The molecule has 2 aliphatic rings. The van der Waals surface area contributed by atoms with Crippen molar-refractivity contribution in [3.05, 3.63) is 29.6 Å². The third-order valence-electron chi connectivity index (χ3n) is 5.68. The van der Waals surface area contributed by atoms with Gasteiger partial charge in [0.05, 0.1) is 30.3 Å². The zero-order valence-electron chi connectivity index (χ0n) is 17.0. The molecule has 2 saturated heterocycles. The molecular weight excluding hydrogens is 409 g/mol. The van der Waals surface area contributed by atoms with E-state index in [2.05, 4.69) is 5.92 Å². The Hall–Kier alpha value is -2.44. The molecule has 2 aliphatic heterocycles. The molecule has 0 N–H and O–H groups in total. The summed E-state index contributed by atoms with van der Waals surface area (Å²) in [6.07, 6.45) is 5.90. The maximum atomic E-state index is 14.4. The van der Waals surface area contributed by atoms with E-state index in [1.54, 1.807) is 21.9 Å². The van der Waals surface area contributed by atoms with Crippen LogP contribution in [0.1, 0.15) is 23.7 Å². The second-order valence-electron chi connectivity index (χ2n) is 7.76. The highest BCUT2D eigenvalue weighted by Crippen LogP contribution is 2.23. The summed E-state index contributed by atoms with van der Waals surface area (Å²) in [4.78, 5) is 29.5. The molecule has 0 radical (unpaired) electrons. The number of rotatable bonds is 6. The summed E-state index contributed by atoms with van der Waals surface area (Å²) >= 11 is 0. The maximum Gasteiger partial charge on any atom is 0.236 e. The predicted molar refractivity (Wildman–Crippen MR) is 113 cm³/mol. The second kappa shape index (κ2) is 9.14. The van der Waals surface area contributed by atoms with Crippen LogP contribution in [0, 0.1) is 18.2 Å². The van der Waals surface area contributed by atoms with Crippen LogP contribution in [0.15, 0.2) is 18.2 Å². The molecule has 3 rings (SSSR count). The number of benzene rings is 1. The van der Waals surface area contributed by atoms with Crippen molar-refractivity contribution in [2.45, 2.75) is 19.4 Å². The van der Waals surface area contributed by atoms with Gasteiger partial charge in [0, 0.05) is 37.8 Å². The first-order chi connectivity index (χ1) is 14.2. The summed E-state index contributed by atoms with van der Waals surface area (Å²) in [7, 11) is -3.07. The lowest BCUT2D eigenvalue weighted by Gasteiger charge is -2.37. The van der Waals surface area contributed by atoms with Gasteiger partial charge in [-0.2, -0.15) is 0 Å². The fourth-order valence-electron chi connectivity index (χ4n) is 3.95. The number of amides is 1. The summed E-state index contributed by atoms with van der Waals surface area (Å²) in [5, 5.41) is 0. The van der Waals surface area contributed by atoms with Crippen LogP contribution in [0.3, 0.4) is 0 Å². The number of halogens is 1. The summed E-state index contributed by atoms with van der Waals surface area (Å²) in [5.74, 6) is 1.92. The number of sulfone groups is 1. The number of carbonyl (C=O) groups is 2. The topological polar surface area (TPSA) is 78.0 Å². The third kappa shape index (κ3) is 5.18. The zero-order valence-corrected chi connectivity index (χ0v) is 17.8. The molecule has 0 spiro atoms. The first-order valence-corrected chi connectivity index (χ1v) is 11.7. The standard InChI is InChI=1S/C21H26FN3O4S/c1-3-7-25(18-6-12-30(28,29)15-18)14-21(27)24-10-8-23(9-11-24)20-5-4-17(16(2)26)13-19(20)22/h1,4-5,13,18H,6-12,14-15H2,2H3. The Morgan fingerprint density at radius 3 is 2.50 bits per heavy atom. The Bertz CT molecular complexity index is 965. The molecule has 9 heteroatoms. The van der Waals surface area contributed by atoms with Gasteiger partial charge < -0.3 is 9.80 Å². The first-order valence-electron chi connectivity index (χ1n) is 9.91. The summed E-state index contributed by atoms with van der Waals surface area (Å²) < 4.78 is 37.9. The van der Waals surface area contributed by atoms with Crippen molar-refractivity contribution < 1.29 is 22.4 Å². The average Bonchev–Trinajstić information content (AvgIpc) is 3.07. The number of hydrogen-bond donors (Lipinski definition) is 0. The van der Waals surface area contributed by atoms with Crippen LogP contribution < -0.4 is 4.90 Å². The van der Waals surface area contributed by atoms with E-state index in [0.717, 1.165) is 0 Å². The molecule has 162 valence electrons. The minimum absolute atomic E-state index is 0.0330. The first kappa shape index (κ1) is 22.2. The Morgan fingerprint density at radius 1 is 1.27 bits per heavy atom. The number of hydrogen-bond acceptors (Lipinski definition) is 6. The Kier molecular flexibility index (Phi) is 6.78. The fourth-order valence-corrected chi connectivity index (χ4v) is 5.71. The van der Waals surface area contributed by atoms with Crippen molar-refractivity contribution in [3.8, 4) is 12.3 Å². The van der Waals surface area contributed by atoms with E-state index in [1.807, 2.05) is 4.90 Å². The van der Waals surface area contributed by atoms with Crippen LogP contribution in [-0.4, -0.2) is 86.7 Å². The number of anilines is 1. The van der Waals surface area contributed by atoms with Gasteiger partial charge in [0.15, 0.2) is 15.6 Å². The number of Topliss-reactive ketones (excluding diaryl/α,β-unsaturated/α-hetero) is 1. The number of nitrogens with zero attached hydrogens (tertiary/aromatic N) is 3. The molecule has 0 aromatic heterocycles. The van der Waals surface area contributed by atoms with E-state index < -0.39 is 15.7 Å². The minimum Gasteiger partial charge on any atom is -0.366 e. The monoisotopic (exact) mass is 435 g/mol. The molecule has 0 saturated carbocycles. The number of piperazine rings is 1. The highest BCUT2D eigenvalue weighted by molar-refractivity contribution is 7.91.